The van der Waals surface area contributed by atoms with E-state index < -0.39 is 17.9 Å². The van der Waals surface area contributed by atoms with Crippen molar-refractivity contribution in [2.75, 3.05) is 30.9 Å². The minimum absolute atomic E-state index is 0.112. The van der Waals surface area contributed by atoms with Gasteiger partial charge in [0.25, 0.3) is 5.91 Å². The molecule has 0 spiro atoms. The average molecular weight is 458 g/mol. The summed E-state index contributed by atoms with van der Waals surface area (Å²) in [5.74, 6) is -0.573. The topological polar surface area (TPSA) is 91.7 Å². The third-order valence-electron chi connectivity index (χ3n) is 3.94. The molecule has 2 aromatic rings. The van der Waals surface area contributed by atoms with Crippen LogP contribution in [0.5, 0.6) is 0 Å². The third-order valence-corrected chi connectivity index (χ3v) is 5.22. The van der Waals surface area contributed by atoms with Crippen molar-refractivity contribution in [3.8, 4) is 0 Å². The second kappa shape index (κ2) is 11.1. The van der Waals surface area contributed by atoms with Crippen molar-refractivity contribution < 1.29 is 18.8 Å². The lowest BCUT2D eigenvalue weighted by Gasteiger charge is -2.24. The Morgan fingerprint density at radius 2 is 1.86 bits per heavy atom. The first-order valence-electron chi connectivity index (χ1n) is 8.65. The van der Waals surface area contributed by atoms with E-state index in [9.17, 15) is 14.4 Å². The maximum absolute atomic E-state index is 12.8. The lowest BCUT2D eigenvalue weighted by Crippen LogP contribution is -2.49. The quantitative estimate of drug-likeness (QED) is 0.600. The minimum atomic E-state index is -0.790. The van der Waals surface area contributed by atoms with Crippen LogP contribution in [0.3, 0.4) is 0 Å². The second-order valence-corrected chi connectivity index (χ2v) is 7.92. The number of benzene rings is 1. The zero-order valence-corrected chi connectivity index (χ0v) is 18.2. The molecule has 0 aliphatic carbocycles. The highest BCUT2D eigenvalue weighted by Gasteiger charge is 2.26. The molecule has 0 fully saturated rings. The van der Waals surface area contributed by atoms with Crippen LogP contribution in [0, 0.1) is 0 Å². The summed E-state index contributed by atoms with van der Waals surface area (Å²) in [7, 11) is 1.49. The highest BCUT2D eigenvalue weighted by molar-refractivity contribution is 7.98. The maximum Gasteiger partial charge on any atom is 0.287 e. The maximum atomic E-state index is 12.8. The van der Waals surface area contributed by atoms with Crippen LogP contribution in [0.4, 0.5) is 5.69 Å². The van der Waals surface area contributed by atoms with E-state index >= 15 is 0 Å². The van der Waals surface area contributed by atoms with Gasteiger partial charge in [0.05, 0.1) is 28.5 Å². The number of likely N-dealkylation sites (N-methyl/N-ethyl adjacent to an activating group) is 1. The van der Waals surface area contributed by atoms with Crippen LogP contribution in [0.1, 0.15) is 17.0 Å². The average Bonchev–Trinajstić information content (AvgIpc) is 3.22. The summed E-state index contributed by atoms with van der Waals surface area (Å²) in [6.45, 7) is -0.229. The van der Waals surface area contributed by atoms with Crippen molar-refractivity contribution in [1.29, 1.82) is 0 Å². The molecular weight excluding hydrogens is 437 g/mol. The molecule has 0 radical (unpaired) electrons. The molecule has 29 heavy (non-hydrogen) atoms. The van der Waals surface area contributed by atoms with Crippen molar-refractivity contribution in [1.82, 2.24) is 10.2 Å². The SMILES string of the molecule is CSCC[C@@H](NC(=O)c1ccco1)C(=O)N(C)CC(=O)Nc1c(Cl)cccc1Cl. The lowest BCUT2D eigenvalue weighted by atomic mass is 10.2. The number of para-hydroxylation sites is 1. The lowest BCUT2D eigenvalue weighted by molar-refractivity contribution is -0.135. The van der Waals surface area contributed by atoms with Crippen LogP contribution >= 0.6 is 35.0 Å². The molecule has 1 aromatic heterocycles. The molecule has 0 aliphatic rings. The molecule has 0 bridgehead atoms. The molecule has 0 saturated heterocycles. The first-order chi connectivity index (χ1) is 13.8. The third kappa shape index (κ3) is 6.69. The number of carbonyl (C=O) groups is 3. The van der Waals surface area contributed by atoms with E-state index in [2.05, 4.69) is 10.6 Å². The van der Waals surface area contributed by atoms with Gasteiger partial charge in [-0.1, -0.05) is 29.3 Å². The Bertz CT molecular complexity index is 841. The molecule has 2 N–H and O–H groups in total. The number of thioether (sulfide) groups is 1. The Hall–Kier alpha value is -2.16. The van der Waals surface area contributed by atoms with Crippen LogP contribution in [0.2, 0.25) is 10.0 Å². The predicted molar refractivity (Wildman–Crippen MR) is 116 cm³/mol. The van der Waals surface area contributed by atoms with E-state index in [4.69, 9.17) is 27.6 Å². The van der Waals surface area contributed by atoms with Crippen molar-refractivity contribution in [2.45, 2.75) is 12.5 Å². The van der Waals surface area contributed by atoms with Gasteiger partial charge in [-0.2, -0.15) is 11.8 Å². The summed E-state index contributed by atoms with van der Waals surface area (Å²) in [4.78, 5) is 38.7. The number of halogens is 2. The Labute approximate surface area is 183 Å². The smallest absolute Gasteiger partial charge is 0.287 e. The second-order valence-electron chi connectivity index (χ2n) is 6.12. The van der Waals surface area contributed by atoms with E-state index in [1.807, 2.05) is 6.26 Å². The summed E-state index contributed by atoms with van der Waals surface area (Å²) in [6.07, 6.45) is 3.69. The number of nitrogens with one attached hydrogen (secondary N) is 2. The Kier molecular flexibility index (Phi) is 8.88. The zero-order chi connectivity index (χ0) is 21.4. The van der Waals surface area contributed by atoms with Crippen LogP contribution in [-0.2, 0) is 9.59 Å². The normalized spacial score (nSPS) is 11.6. The monoisotopic (exact) mass is 457 g/mol. The molecule has 1 aromatic carbocycles. The van der Waals surface area contributed by atoms with E-state index in [-0.39, 0.29) is 23.9 Å². The van der Waals surface area contributed by atoms with Crippen molar-refractivity contribution in [2.24, 2.45) is 0 Å². The number of furan rings is 1. The standard InChI is InChI=1S/C19H21Cl2N3O4S/c1-24(11-16(25)23-17-12(20)5-3-6-13(17)21)19(27)14(8-10-29-2)22-18(26)15-7-4-9-28-15/h3-7,9,14H,8,10-11H2,1-2H3,(H,22,26)(H,23,25)/t14-/m1/s1. The van der Waals surface area contributed by atoms with E-state index in [1.54, 1.807) is 36.0 Å². The van der Waals surface area contributed by atoms with Crippen molar-refractivity contribution in [3.63, 3.8) is 0 Å². The summed E-state index contributed by atoms with van der Waals surface area (Å²) in [5.41, 5.74) is 0.284. The number of carbonyl (C=O) groups excluding carboxylic acids is 3. The summed E-state index contributed by atoms with van der Waals surface area (Å²) >= 11 is 13.6. The molecule has 0 saturated carbocycles. The van der Waals surface area contributed by atoms with Gasteiger partial charge in [-0.05, 0) is 42.7 Å². The highest BCUT2D eigenvalue weighted by atomic mass is 35.5. The summed E-state index contributed by atoms with van der Waals surface area (Å²) in [5, 5.41) is 5.86. The van der Waals surface area contributed by atoms with Gasteiger partial charge in [0.1, 0.15) is 6.04 Å². The fourth-order valence-electron chi connectivity index (χ4n) is 2.49. The molecule has 0 aliphatic heterocycles. The predicted octanol–water partition coefficient (Wildman–Crippen LogP) is 3.54. The number of nitrogens with zero attached hydrogens (tertiary/aromatic N) is 1. The van der Waals surface area contributed by atoms with Gasteiger partial charge in [0.15, 0.2) is 5.76 Å². The van der Waals surface area contributed by atoms with Gasteiger partial charge in [0, 0.05) is 7.05 Å². The fraction of sp³-hybridized carbons (Fsp3) is 0.316. The Balaban J connectivity index is 2.01. The van der Waals surface area contributed by atoms with Gasteiger partial charge in [-0.3, -0.25) is 14.4 Å². The number of hydrogen-bond donors (Lipinski definition) is 2. The first kappa shape index (κ1) is 23.1. The number of hydrogen-bond acceptors (Lipinski definition) is 5. The Morgan fingerprint density at radius 1 is 1.17 bits per heavy atom. The van der Waals surface area contributed by atoms with Gasteiger partial charge in [-0.25, -0.2) is 0 Å². The van der Waals surface area contributed by atoms with Gasteiger partial charge >= 0.3 is 0 Å². The highest BCUT2D eigenvalue weighted by Crippen LogP contribution is 2.29. The summed E-state index contributed by atoms with van der Waals surface area (Å²) in [6, 6.07) is 7.16. The Morgan fingerprint density at radius 3 is 2.45 bits per heavy atom. The van der Waals surface area contributed by atoms with Gasteiger partial charge < -0.3 is 20.0 Å². The number of rotatable bonds is 9. The fourth-order valence-corrected chi connectivity index (χ4v) is 3.45. The van der Waals surface area contributed by atoms with Crippen LogP contribution in [0.25, 0.3) is 0 Å². The first-order valence-corrected chi connectivity index (χ1v) is 10.8. The van der Waals surface area contributed by atoms with Crippen molar-refractivity contribution in [3.05, 3.63) is 52.4 Å². The van der Waals surface area contributed by atoms with Crippen LogP contribution in [0.15, 0.2) is 41.0 Å². The van der Waals surface area contributed by atoms with E-state index in [1.165, 1.54) is 24.3 Å². The van der Waals surface area contributed by atoms with Crippen molar-refractivity contribution >= 4 is 58.4 Å². The summed E-state index contributed by atoms with van der Waals surface area (Å²) < 4.78 is 5.06. The molecule has 156 valence electrons. The van der Waals surface area contributed by atoms with E-state index in [0.717, 1.165) is 0 Å². The van der Waals surface area contributed by atoms with E-state index in [0.29, 0.717) is 22.2 Å². The molecule has 0 unspecified atom stereocenters. The largest absolute Gasteiger partial charge is 0.459 e. The molecule has 1 atom stereocenters. The molecule has 2 rings (SSSR count). The number of anilines is 1. The molecule has 7 nitrogen and oxygen atoms in total. The molecule has 1 heterocycles. The molecular formula is C19H21Cl2N3O4S. The zero-order valence-electron chi connectivity index (χ0n) is 15.9. The molecule has 10 heteroatoms. The van der Waals surface area contributed by atoms with Gasteiger partial charge in [0.2, 0.25) is 11.8 Å². The minimum Gasteiger partial charge on any atom is -0.459 e. The molecule has 3 amide bonds. The number of amides is 3. The van der Waals surface area contributed by atoms with Crippen LogP contribution < -0.4 is 10.6 Å². The van der Waals surface area contributed by atoms with Crippen LogP contribution in [-0.4, -0.2) is 54.3 Å². The van der Waals surface area contributed by atoms with Gasteiger partial charge in [-0.15, -0.1) is 0 Å².